The van der Waals surface area contributed by atoms with Crippen molar-refractivity contribution >= 4 is 29.6 Å². The highest BCUT2D eigenvalue weighted by molar-refractivity contribution is 5.89. The van der Waals surface area contributed by atoms with Gasteiger partial charge in [-0.25, -0.2) is 9.78 Å². The molecule has 1 aromatic heterocycles. The number of aryl methyl sites for hydroxylation is 1. The zero-order chi connectivity index (χ0) is 30.5. The highest BCUT2D eigenvalue weighted by atomic mass is 19.4. The topological polar surface area (TPSA) is 126 Å². The highest BCUT2D eigenvalue weighted by Crippen LogP contribution is 2.25. The number of ether oxygens (including phenoxy) is 1. The number of pyridine rings is 1. The average molecular weight is 585 g/mol. The summed E-state index contributed by atoms with van der Waals surface area (Å²) in [6, 6.07) is 18.8. The van der Waals surface area contributed by atoms with Gasteiger partial charge < -0.3 is 20.7 Å². The Morgan fingerprint density at radius 1 is 0.881 bits per heavy atom. The molecule has 0 fully saturated rings. The fourth-order valence-corrected chi connectivity index (χ4v) is 3.88. The van der Waals surface area contributed by atoms with Crippen molar-refractivity contribution in [2.24, 2.45) is 0 Å². The number of esters is 2. The Morgan fingerprint density at radius 3 is 2.17 bits per heavy atom. The number of amides is 2. The van der Waals surface area contributed by atoms with E-state index >= 15 is 0 Å². The number of hydrogen-bond donors (Lipinski definition) is 3. The molecule has 222 valence electrons. The summed E-state index contributed by atoms with van der Waals surface area (Å²) in [5, 5.41) is 8.14. The van der Waals surface area contributed by atoms with Crippen molar-refractivity contribution in [1.29, 1.82) is 0 Å². The molecule has 0 aliphatic heterocycles. The van der Waals surface area contributed by atoms with Gasteiger partial charge in [-0.3, -0.25) is 14.4 Å². The first kappa shape index (κ1) is 31.8. The van der Waals surface area contributed by atoms with E-state index in [1.165, 1.54) is 0 Å². The van der Waals surface area contributed by atoms with Gasteiger partial charge >= 0.3 is 18.1 Å². The van der Waals surface area contributed by atoms with E-state index < -0.39 is 43.0 Å². The number of anilines is 1. The maximum absolute atomic E-state index is 12.6. The quantitative estimate of drug-likeness (QED) is 0.152. The molecule has 1 atom stereocenters. The molecule has 3 rings (SSSR count). The number of carbonyl (C=O) groups is 4. The van der Waals surface area contributed by atoms with Gasteiger partial charge in [-0.15, -0.1) is 0 Å². The van der Waals surface area contributed by atoms with E-state index in [9.17, 15) is 32.3 Å². The Bertz CT molecular complexity index is 1350. The van der Waals surface area contributed by atoms with Gasteiger partial charge in [0.05, 0.1) is 19.0 Å². The lowest BCUT2D eigenvalue weighted by Crippen LogP contribution is -2.39. The van der Waals surface area contributed by atoms with Crippen molar-refractivity contribution in [3.05, 3.63) is 84.1 Å². The Kier molecular flexibility index (Phi) is 11.6. The minimum atomic E-state index is -5.34. The van der Waals surface area contributed by atoms with Crippen LogP contribution in [0.25, 0.3) is 11.1 Å². The molecule has 3 N–H and O–H groups in total. The summed E-state index contributed by atoms with van der Waals surface area (Å²) >= 11 is 0. The first-order valence-corrected chi connectivity index (χ1v) is 13.2. The maximum Gasteiger partial charge on any atom is 0.491 e. The number of benzene rings is 2. The zero-order valence-electron chi connectivity index (χ0n) is 22.9. The molecular weight excluding hydrogens is 553 g/mol. The van der Waals surface area contributed by atoms with E-state index in [1.807, 2.05) is 43.3 Å². The molecular formula is C30H31F3N4O5. The number of carbonyl (C=O) groups excluding carboxylic acids is 4. The predicted octanol–water partition coefficient (Wildman–Crippen LogP) is 4.64. The number of hydrogen-bond acceptors (Lipinski definition) is 7. The summed E-state index contributed by atoms with van der Waals surface area (Å²) in [6.07, 6.45) is -3.00. The maximum atomic E-state index is 12.6. The van der Waals surface area contributed by atoms with Gasteiger partial charge in [0.1, 0.15) is 5.82 Å². The van der Waals surface area contributed by atoms with E-state index in [2.05, 4.69) is 25.7 Å². The third-order valence-electron chi connectivity index (χ3n) is 6.09. The number of nitrogens with zero attached hydrogens (tertiary/aromatic N) is 1. The van der Waals surface area contributed by atoms with Crippen molar-refractivity contribution < 1.29 is 37.1 Å². The highest BCUT2D eigenvalue weighted by Gasteiger charge is 2.42. The monoisotopic (exact) mass is 584 g/mol. The van der Waals surface area contributed by atoms with E-state index in [1.54, 1.807) is 36.5 Å². The Balaban J connectivity index is 1.55. The summed E-state index contributed by atoms with van der Waals surface area (Å²) in [7, 11) is 0. The Hall–Kier alpha value is -4.74. The van der Waals surface area contributed by atoms with Crippen LogP contribution >= 0.6 is 0 Å². The number of halogens is 3. The molecule has 2 aromatic carbocycles. The molecule has 0 saturated carbocycles. The van der Waals surface area contributed by atoms with Gasteiger partial charge in [-0.1, -0.05) is 60.2 Å². The molecule has 0 aliphatic carbocycles. The van der Waals surface area contributed by atoms with Crippen LogP contribution in [0.3, 0.4) is 0 Å². The molecule has 1 unspecified atom stereocenters. The van der Waals surface area contributed by atoms with Gasteiger partial charge in [0.2, 0.25) is 11.8 Å². The fourth-order valence-electron chi connectivity index (χ4n) is 3.88. The van der Waals surface area contributed by atoms with E-state index in [0.29, 0.717) is 24.9 Å². The van der Waals surface area contributed by atoms with Crippen LogP contribution in [-0.4, -0.2) is 48.0 Å². The van der Waals surface area contributed by atoms with Crippen LogP contribution in [-0.2, 0) is 23.9 Å². The van der Waals surface area contributed by atoms with Crippen LogP contribution in [0, 0.1) is 6.92 Å². The average Bonchev–Trinajstić information content (AvgIpc) is 2.96. The second-order valence-electron chi connectivity index (χ2n) is 9.45. The Labute approximate surface area is 240 Å². The standard InChI is InChI=1S/C30H31F3N4O5/c1-20-8-10-21(11-9-20)22-12-14-23(15-13-22)24(18-28(40)42-29(41)30(31,32)33)37-27(39)19-36-26(38)7-3-5-17-35-25-6-2-4-16-34-25/h2,4,6,8-16,24H,3,5,7,17-19H2,1H3,(H,34,35)(H,36,38)(H,37,39). The molecule has 2 amide bonds. The molecule has 12 heteroatoms. The van der Waals surface area contributed by atoms with Crippen LogP contribution in [0.4, 0.5) is 19.0 Å². The van der Waals surface area contributed by atoms with Crippen molar-refractivity contribution in [3.8, 4) is 11.1 Å². The van der Waals surface area contributed by atoms with Crippen LogP contribution in [0.15, 0.2) is 72.9 Å². The lowest BCUT2D eigenvalue weighted by atomic mass is 9.98. The summed E-state index contributed by atoms with van der Waals surface area (Å²) in [5.74, 6) is -4.42. The van der Waals surface area contributed by atoms with Crippen molar-refractivity contribution in [2.45, 2.75) is 44.8 Å². The van der Waals surface area contributed by atoms with Crippen LogP contribution in [0.1, 0.15) is 42.9 Å². The van der Waals surface area contributed by atoms with Crippen molar-refractivity contribution in [1.82, 2.24) is 15.6 Å². The molecule has 3 aromatic rings. The molecule has 0 aliphatic rings. The van der Waals surface area contributed by atoms with Gasteiger partial charge in [0, 0.05) is 19.2 Å². The van der Waals surface area contributed by atoms with Gasteiger partial charge in [-0.2, -0.15) is 13.2 Å². The Morgan fingerprint density at radius 2 is 1.55 bits per heavy atom. The smallest absolute Gasteiger partial charge is 0.386 e. The van der Waals surface area contributed by atoms with Crippen molar-refractivity contribution in [3.63, 3.8) is 0 Å². The summed E-state index contributed by atoms with van der Waals surface area (Å²) in [6.45, 7) is 2.15. The van der Waals surface area contributed by atoms with Gasteiger partial charge in [-0.05, 0) is 48.6 Å². The lowest BCUT2D eigenvalue weighted by Gasteiger charge is -2.19. The molecule has 0 bridgehead atoms. The fraction of sp³-hybridized carbons (Fsp3) is 0.300. The molecule has 0 spiro atoms. The van der Waals surface area contributed by atoms with Crippen LogP contribution in [0.2, 0.25) is 0 Å². The molecule has 0 saturated heterocycles. The predicted molar refractivity (Wildman–Crippen MR) is 149 cm³/mol. The molecule has 1 heterocycles. The first-order chi connectivity index (χ1) is 20.0. The number of rotatable bonds is 13. The van der Waals surface area contributed by atoms with E-state index in [4.69, 9.17) is 0 Å². The van der Waals surface area contributed by atoms with Gasteiger partial charge in [0.15, 0.2) is 0 Å². The van der Waals surface area contributed by atoms with E-state index in [-0.39, 0.29) is 12.3 Å². The number of aromatic nitrogens is 1. The minimum absolute atomic E-state index is 0.174. The zero-order valence-corrected chi connectivity index (χ0v) is 22.9. The molecule has 0 radical (unpaired) electrons. The second kappa shape index (κ2) is 15.3. The third-order valence-corrected chi connectivity index (χ3v) is 6.09. The molecule has 9 nitrogen and oxygen atoms in total. The minimum Gasteiger partial charge on any atom is -0.386 e. The first-order valence-electron chi connectivity index (χ1n) is 13.2. The SMILES string of the molecule is Cc1ccc(-c2ccc(C(CC(=O)OC(=O)C(F)(F)F)NC(=O)CNC(=O)CCCCNc3ccccn3)cc2)cc1. The normalized spacial score (nSPS) is 11.7. The van der Waals surface area contributed by atoms with Gasteiger partial charge in [0.25, 0.3) is 0 Å². The number of alkyl halides is 3. The van der Waals surface area contributed by atoms with E-state index in [0.717, 1.165) is 22.5 Å². The van der Waals surface area contributed by atoms with Crippen LogP contribution in [0.5, 0.6) is 0 Å². The number of unbranched alkanes of at least 4 members (excludes halogenated alkanes) is 1. The second-order valence-corrected chi connectivity index (χ2v) is 9.45. The lowest BCUT2D eigenvalue weighted by molar-refractivity contribution is -0.202. The largest absolute Gasteiger partial charge is 0.491 e. The summed E-state index contributed by atoms with van der Waals surface area (Å²) in [4.78, 5) is 52.2. The number of nitrogens with one attached hydrogen (secondary N) is 3. The third kappa shape index (κ3) is 10.7. The van der Waals surface area contributed by atoms with Crippen LogP contribution < -0.4 is 16.0 Å². The molecule has 42 heavy (non-hydrogen) atoms. The van der Waals surface area contributed by atoms with Crippen molar-refractivity contribution in [2.75, 3.05) is 18.4 Å². The summed E-state index contributed by atoms with van der Waals surface area (Å²) in [5.41, 5.74) is 3.22. The summed E-state index contributed by atoms with van der Waals surface area (Å²) < 4.78 is 41.6.